The van der Waals surface area contributed by atoms with E-state index >= 15 is 0 Å². The van der Waals surface area contributed by atoms with Crippen LogP contribution in [-0.2, 0) is 13.1 Å². The molecule has 3 rings (SSSR count). The summed E-state index contributed by atoms with van der Waals surface area (Å²) in [6.45, 7) is 2.61. The Hall–Kier alpha value is -1.81. The van der Waals surface area contributed by atoms with E-state index in [1.165, 1.54) is 0 Å². The Morgan fingerprint density at radius 2 is 2.35 bits per heavy atom. The smallest absolute Gasteiger partial charge is 0.152 e. The first-order valence-corrected chi connectivity index (χ1v) is 5.70. The van der Waals surface area contributed by atoms with Crippen LogP contribution in [-0.4, -0.2) is 24.5 Å². The second-order valence-electron chi connectivity index (χ2n) is 4.19. The second kappa shape index (κ2) is 3.89. The molecular weight excluding hydrogens is 216 g/mol. The van der Waals surface area contributed by atoms with Gasteiger partial charge in [-0.05, 0) is 18.2 Å². The van der Waals surface area contributed by atoms with E-state index in [-0.39, 0.29) is 0 Å². The lowest BCUT2D eigenvalue weighted by atomic mass is 10.1. The molecule has 0 spiro atoms. The zero-order chi connectivity index (χ0) is 11.8. The van der Waals surface area contributed by atoms with Gasteiger partial charge in [0.1, 0.15) is 5.75 Å². The Bertz CT molecular complexity index is 587. The van der Waals surface area contributed by atoms with Crippen molar-refractivity contribution in [3.05, 3.63) is 29.5 Å². The number of rotatable bonds is 2. The molecule has 1 aliphatic rings. The third-order valence-corrected chi connectivity index (χ3v) is 3.34. The van der Waals surface area contributed by atoms with Crippen LogP contribution in [0, 0.1) is 0 Å². The van der Waals surface area contributed by atoms with Gasteiger partial charge in [-0.3, -0.25) is 4.79 Å². The number of nitrogens with one attached hydrogen (secondary N) is 1. The number of ether oxygens (including phenoxy) is 1. The van der Waals surface area contributed by atoms with Crippen molar-refractivity contribution in [2.75, 3.05) is 13.7 Å². The van der Waals surface area contributed by atoms with E-state index in [1.54, 1.807) is 7.11 Å². The number of methoxy groups -OCH3 is 1. The zero-order valence-electron chi connectivity index (χ0n) is 9.69. The summed E-state index contributed by atoms with van der Waals surface area (Å²) >= 11 is 0. The van der Waals surface area contributed by atoms with Gasteiger partial charge in [-0.15, -0.1) is 0 Å². The molecule has 17 heavy (non-hydrogen) atoms. The van der Waals surface area contributed by atoms with E-state index in [9.17, 15) is 4.79 Å². The van der Waals surface area contributed by atoms with Gasteiger partial charge in [-0.2, -0.15) is 0 Å². The number of carbonyl (C=O) groups is 1. The van der Waals surface area contributed by atoms with Crippen molar-refractivity contribution in [1.29, 1.82) is 0 Å². The third-order valence-electron chi connectivity index (χ3n) is 3.34. The van der Waals surface area contributed by atoms with Gasteiger partial charge in [0, 0.05) is 41.8 Å². The van der Waals surface area contributed by atoms with Crippen LogP contribution in [0.4, 0.5) is 0 Å². The average Bonchev–Trinajstić information content (AvgIpc) is 2.71. The molecule has 0 atom stereocenters. The molecule has 88 valence electrons. The average molecular weight is 230 g/mol. The largest absolute Gasteiger partial charge is 0.497 e. The molecule has 0 aliphatic carbocycles. The van der Waals surface area contributed by atoms with Crippen LogP contribution in [0.1, 0.15) is 16.1 Å². The van der Waals surface area contributed by atoms with E-state index in [0.29, 0.717) is 0 Å². The molecule has 1 aromatic carbocycles. The number of benzene rings is 1. The predicted octanol–water partition coefficient (Wildman–Crippen LogP) is 1.57. The SMILES string of the molecule is COc1ccc2c(c1)c(C=O)c1n2CCNC1. The molecule has 4 heteroatoms. The van der Waals surface area contributed by atoms with Gasteiger partial charge in [0.25, 0.3) is 0 Å². The molecule has 4 nitrogen and oxygen atoms in total. The quantitative estimate of drug-likeness (QED) is 0.796. The molecule has 0 saturated carbocycles. The Balaban J connectivity index is 2.34. The molecule has 0 amide bonds. The van der Waals surface area contributed by atoms with Gasteiger partial charge in [0.2, 0.25) is 0 Å². The van der Waals surface area contributed by atoms with Crippen LogP contribution in [0.2, 0.25) is 0 Å². The van der Waals surface area contributed by atoms with Gasteiger partial charge in [0.05, 0.1) is 7.11 Å². The van der Waals surface area contributed by atoms with Gasteiger partial charge < -0.3 is 14.6 Å². The first-order chi connectivity index (χ1) is 8.35. The second-order valence-corrected chi connectivity index (χ2v) is 4.19. The molecule has 2 heterocycles. The maximum Gasteiger partial charge on any atom is 0.152 e. The summed E-state index contributed by atoms with van der Waals surface area (Å²) in [5.41, 5.74) is 2.98. The molecule has 0 unspecified atom stereocenters. The minimum atomic E-state index is 0.755. The summed E-state index contributed by atoms with van der Waals surface area (Å²) in [4.78, 5) is 11.3. The minimum Gasteiger partial charge on any atom is -0.497 e. The van der Waals surface area contributed by atoms with Crippen LogP contribution in [0.5, 0.6) is 5.75 Å². The Kier molecular flexibility index (Phi) is 2.37. The summed E-state index contributed by atoms with van der Waals surface area (Å²) in [7, 11) is 1.64. The zero-order valence-corrected chi connectivity index (χ0v) is 9.69. The molecular formula is C13H14N2O2. The fourth-order valence-corrected chi connectivity index (χ4v) is 2.51. The summed E-state index contributed by atoms with van der Waals surface area (Å²) in [6.07, 6.45) is 0.945. The number of aromatic nitrogens is 1. The van der Waals surface area contributed by atoms with Crippen LogP contribution in [0.3, 0.4) is 0 Å². The fraction of sp³-hybridized carbons (Fsp3) is 0.308. The van der Waals surface area contributed by atoms with Gasteiger partial charge in [-0.1, -0.05) is 0 Å². The lowest BCUT2D eigenvalue weighted by molar-refractivity contribution is 0.112. The van der Waals surface area contributed by atoms with Crippen molar-refractivity contribution < 1.29 is 9.53 Å². The normalized spacial score (nSPS) is 14.6. The van der Waals surface area contributed by atoms with E-state index in [1.807, 2.05) is 18.2 Å². The van der Waals surface area contributed by atoms with Crippen molar-refractivity contribution in [2.45, 2.75) is 13.1 Å². The number of aldehydes is 1. The molecule has 2 aromatic rings. The van der Waals surface area contributed by atoms with Crippen molar-refractivity contribution in [3.63, 3.8) is 0 Å². The topological polar surface area (TPSA) is 43.3 Å². The lowest BCUT2D eigenvalue weighted by Gasteiger charge is -2.17. The summed E-state index contributed by atoms with van der Waals surface area (Å²) in [5.74, 6) is 0.788. The molecule has 1 aliphatic heterocycles. The molecule has 1 aromatic heterocycles. The van der Waals surface area contributed by atoms with E-state index in [0.717, 1.165) is 53.8 Å². The standard InChI is InChI=1S/C13H14N2O2/c1-17-9-2-3-12-10(6-9)11(8-16)13-7-14-4-5-15(12)13/h2-3,6,8,14H,4-5,7H2,1H3. The van der Waals surface area contributed by atoms with E-state index < -0.39 is 0 Å². The van der Waals surface area contributed by atoms with Crippen molar-refractivity contribution >= 4 is 17.2 Å². The monoisotopic (exact) mass is 230 g/mol. The highest BCUT2D eigenvalue weighted by molar-refractivity contribution is 6.00. The molecule has 0 fully saturated rings. The highest BCUT2D eigenvalue weighted by Crippen LogP contribution is 2.29. The van der Waals surface area contributed by atoms with Crippen LogP contribution >= 0.6 is 0 Å². The first-order valence-electron chi connectivity index (χ1n) is 5.70. The number of nitrogens with zero attached hydrogens (tertiary/aromatic N) is 1. The van der Waals surface area contributed by atoms with Crippen molar-refractivity contribution in [2.24, 2.45) is 0 Å². The maximum absolute atomic E-state index is 11.3. The lowest BCUT2D eigenvalue weighted by Crippen LogP contribution is -2.28. The van der Waals surface area contributed by atoms with Gasteiger partial charge >= 0.3 is 0 Å². The summed E-state index contributed by atoms with van der Waals surface area (Å²) < 4.78 is 7.43. The predicted molar refractivity (Wildman–Crippen MR) is 65.6 cm³/mol. The van der Waals surface area contributed by atoms with Crippen LogP contribution in [0.25, 0.3) is 10.9 Å². The third kappa shape index (κ3) is 1.45. The highest BCUT2D eigenvalue weighted by atomic mass is 16.5. The van der Waals surface area contributed by atoms with E-state index in [4.69, 9.17) is 4.74 Å². The van der Waals surface area contributed by atoms with Crippen LogP contribution in [0.15, 0.2) is 18.2 Å². The number of hydrogen-bond acceptors (Lipinski definition) is 3. The fourth-order valence-electron chi connectivity index (χ4n) is 2.51. The summed E-state index contributed by atoms with van der Waals surface area (Å²) in [6, 6.07) is 5.90. The highest BCUT2D eigenvalue weighted by Gasteiger charge is 2.19. The Labute approximate surface area is 99.2 Å². The molecule has 0 radical (unpaired) electrons. The number of fused-ring (bicyclic) bond motifs is 3. The van der Waals surface area contributed by atoms with E-state index in [2.05, 4.69) is 9.88 Å². The minimum absolute atomic E-state index is 0.755. The summed E-state index contributed by atoms with van der Waals surface area (Å²) in [5, 5.41) is 4.28. The van der Waals surface area contributed by atoms with Crippen molar-refractivity contribution in [1.82, 2.24) is 9.88 Å². The Morgan fingerprint density at radius 1 is 1.47 bits per heavy atom. The molecule has 0 saturated heterocycles. The molecule has 1 N–H and O–H groups in total. The number of hydrogen-bond donors (Lipinski definition) is 1. The van der Waals surface area contributed by atoms with Gasteiger partial charge in [-0.25, -0.2) is 0 Å². The van der Waals surface area contributed by atoms with Crippen LogP contribution < -0.4 is 10.1 Å². The maximum atomic E-state index is 11.3. The van der Waals surface area contributed by atoms with Crippen molar-refractivity contribution in [3.8, 4) is 5.75 Å². The van der Waals surface area contributed by atoms with Gasteiger partial charge in [0.15, 0.2) is 6.29 Å². The Morgan fingerprint density at radius 3 is 3.12 bits per heavy atom. The molecule has 0 bridgehead atoms. The number of carbonyl (C=O) groups excluding carboxylic acids is 1. The first kappa shape index (κ1) is 10.4.